The average molecular weight is 233 g/mol. The second-order valence-electron chi connectivity index (χ2n) is 4.63. The van der Waals surface area contributed by atoms with Gasteiger partial charge < -0.3 is 11.1 Å². The standard InChI is InChI=1S/C13H19N3O/c14-11-4-1-5-12(11)16-13(17)7-6-10-3-2-8-15-9-10/h2-3,8-9,11-12H,1,4-7,14H2,(H,16,17). The number of aromatic nitrogens is 1. The Balaban J connectivity index is 1.74. The fraction of sp³-hybridized carbons (Fsp3) is 0.538. The molecule has 0 spiro atoms. The normalized spacial score (nSPS) is 23.6. The topological polar surface area (TPSA) is 68.0 Å². The van der Waals surface area contributed by atoms with Gasteiger partial charge in [0.2, 0.25) is 5.91 Å². The van der Waals surface area contributed by atoms with Gasteiger partial charge in [-0.3, -0.25) is 9.78 Å². The van der Waals surface area contributed by atoms with Gasteiger partial charge in [-0.1, -0.05) is 6.07 Å². The van der Waals surface area contributed by atoms with E-state index in [4.69, 9.17) is 5.73 Å². The van der Waals surface area contributed by atoms with E-state index in [2.05, 4.69) is 10.3 Å². The number of nitrogens with one attached hydrogen (secondary N) is 1. The summed E-state index contributed by atoms with van der Waals surface area (Å²) >= 11 is 0. The summed E-state index contributed by atoms with van der Waals surface area (Å²) in [7, 11) is 0. The molecular weight excluding hydrogens is 214 g/mol. The Morgan fingerprint density at radius 3 is 3.06 bits per heavy atom. The lowest BCUT2D eigenvalue weighted by Gasteiger charge is -2.17. The minimum Gasteiger partial charge on any atom is -0.352 e. The van der Waals surface area contributed by atoms with Crippen molar-refractivity contribution >= 4 is 5.91 Å². The number of hydrogen-bond acceptors (Lipinski definition) is 3. The van der Waals surface area contributed by atoms with E-state index < -0.39 is 0 Å². The van der Waals surface area contributed by atoms with Gasteiger partial charge in [0.1, 0.15) is 0 Å². The number of pyridine rings is 1. The fourth-order valence-corrected chi connectivity index (χ4v) is 2.25. The second kappa shape index (κ2) is 5.77. The summed E-state index contributed by atoms with van der Waals surface area (Å²) in [4.78, 5) is 15.8. The van der Waals surface area contributed by atoms with Crippen LogP contribution in [0.25, 0.3) is 0 Å². The van der Waals surface area contributed by atoms with Crippen LogP contribution in [-0.4, -0.2) is 23.0 Å². The maximum absolute atomic E-state index is 11.7. The molecule has 3 N–H and O–H groups in total. The van der Waals surface area contributed by atoms with E-state index in [1.807, 2.05) is 12.1 Å². The lowest BCUT2D eigenvalue weighted by molar-refractivity contribution is -0.121. The van der Waals surface area contributed by atoms with Crippen molar-refractivity contribution in [3.8, 4) is 0 Å². The third-order valence-electron chi connectivity index (χ3n) is 3.28. The minimum atomic E-state index is 0.0937. The first-order valence-corrected chi connectivity index (χ1v) is 6.19. The second-order valence-corrected chi connectivity index (χ2v) is 4.63. The van der Waals surface area contributed by atoms with Crippen molar-refractivity contribution in [3.63, 3.8) is 0 Å². The van der Waals surface area contributed by atoms with Gasteiger partial charge in [0, 0.05) is 30.9 Å². The van der Waals surface area contributed by atoms with Gasteiger partial charge in [-0.05, 0) is 37.3 Å². The number of amides is 1. The molecule has 92 valence electrons. The van der Waals surface area contributed by atoms with Gasteiger partial charge in [-0.15, -0.1) is 0 Å². The lowest BCUT2D eigenvalue weighted by Crippen LogP contribution is -2.44. The highest BCUT2D eigenvalue weighted by Crippen LogP contribution is 2.17. The minimum absolute atomic E-state index is 0.0937. The molecule has 1 aromatic heterocycles. The molecular formula is C13H19N3O. The summed E-state index contributed by atoms with van der Waals surface area (Å²) in [5.41, 5.74) is 7.01. The van der Waals surface area contributed by atoms with Crippen LogP contribution in [0, 0.1) is 0 Å². The van der Waals surface area contributed by atoms with Gasteiger partial charge in [0.15, 0.2) is 0 Å². The molecule has 2 atom stereocenters. The van der Waals surface area contributed by atoms with Crippen molar-refractivity contribution in [1.82, 2.24) is 10.3 Å². The molecule has 4 heteroatoms. The van der Waals surface area contributed by atoms with Crippen molar-refractivity contribution in [2.24, 2.45) is 5.73 Å². The van der Waals surface area contributed by atoms with Crippen molar-refractivity contribution in [1.29, 1.82) is 0 Å². The van der Waals surface area contributed by atoms with Crippen molar-refractivity contribution in [2.45, 2.75) is 44.2 Å². The first kappa shape index (κ1) is 12.0. The first-order chi connectivity index (χ1) is 8.25. The highest BCUT2D eigenvalue weighted by atomic mass is 16.1. The van der Waals surface area contributed by atoms with Crippen LogP contribution in [-0.2, 0) is 11.2 Å². The zero-order chi connectivity index (χ0) is 12.1. The maximum atomic E-state index is 11.7. The Kier molecular flexibility index (Phi) is 4.09. The highest BCUT2D eigenvalue weighted by Gasteiger charge is 2.24. The third kappa shape index (κ3) is 3.53. The van der Waals surface area contributed by atoms with Crippen LogP contribution in [0.5, 0.6) is 0 Å². The van der Waals surface area contributed by atoms with Crippen LogP contribution in [0.4, 0.5) is 0 Å². The lowest BCUT2D eigenvalue weighted by atomic mass is 10.1. The Labute approximate surface area is 102 Å². The van der Waals surface area contributed by atoms with Gasteiger partial charge in [-0.25, -0.2) is 0 Å². The number of nitrogens with two attached hydrogens (primary N) is 1. The molecule has 0 saturated heterocycles. The van der Waals surface area contributed by atoms with Crippen LogP contribution in [0.3, 0.4) is 0 Å². The molecule has 1 aliphatic carbocycles. The zero-order valence-electron chi connectivity index (χ0n) is 9.93. The predicted molar refractivity (Wildman–Crippen MR) is 66.3 cm³/mol. The maximum Gasteiger partial charge on any atom is 0.220 e. The number of carbonyl (C=O) groups excluding carboxylic acids is 1. The Morgan fingerprint density at radius 1 is 1.53 bits per heavy atom. The summed E-state index contributed by atoms with van der Waals surface area (Å²) in [6, 6.07) is 4.19. The number of hydrogen-bond donors (Lipinski definition) is 2. The van der Waals surface area contributed by atoms with E-state index in [1.54, 1.807) is 12.4 Å². The molecule has 17 heavy (non-hydrogen) atoms. The fourth-order valence-electron chi connectivity index (χ4n) is 2.25. The number of rotatable bonds is 4. The van der Waals surface area contributed by atoms with Gasteiger partial charge >= 0.3 is 0 Å². The smallest absolute Gasteiger partial charge is 0.220 e. The van der Waals surface area contributed by atoms with E-state index >= 15 is 0 Å². The van der Waals surface area contributed by atoms with E-state index in [1.165, 1.54) is 0 Å². The molecule has 2 rings (SSSR count). The first-order valence-electron chi connectivity index (χ1n) is 6.19. The monoisotopic (exact) mass is 233 g/mol. The predicted octanol–water partition coefficient (Wildman–Crippen LogP) is 1.01. The molecule has 1 heterocycles. The van der Waals surface area contributed by atoms with Crippen molar-refractivity contribution in [3.05, 3.63) is 30.1 Å². The molecule has 2 unspecified atom stereocenters. The summed E-state index contributed by atoms with van der Waals surface area (Å²) in [5, 5.41) is 3.01. The van der Waals surface area contributed by atoms with Crippen LogP contribution in [0.2, 0.25) is 0 Å². The van der Waals surface area contributed by atoms with Crippen LogP contribution < -0.4 is 11.1 Å². The molecule has 1 amide bonds. The van der Waals surface area contributed by atoms with Crippen LogP contribution >= 0.6 is 0 Å². The number of aryl methyl sites for hydroxylation is 1. The van der Waals surface area contributed by atoms with Gasteiger partial charge in [-0.2, -0.15) is 0 Å². The summed E-state index contributed by atoms with van der Waals surface area (Å²) in [6.07, 6.45) is 7.94. The number of carbonyl (C=O) groups is 1. The average Bonchev–Trinajstić information content (AvgIpc) is 2.74. The van der Waals surface area contributed by atoms with Crippen molar-refractivity contribution in [2.75, 3.05) is 0 Å². The third-order valence-corrected chi connectivity index (χ3v) is 3.28. The molecule has 1 aliphatic rings. The molecule has 1 fully saturated rings. The molecule has 1 aromatic rings. The highest BCUT2D eigenvalue weighted by molar-refractivity contribution is 5.76. The van der Waals surface area contributed by atoms with E-state index in [0.717, 1.165) is 31.2 Å². The Bertz CT molecular complexity index is 366. The molecule has 1 saturated carbocycles. The zero-order valence-corrected chi connectivity index (χ0v) is 9.93. The Morgan fingerprint density at radius 2 is 2.41 bits per heavy atom. The van der Waals surface area contributed by atoms with Crippen LogP contribution in [0.15, 0.2) is 24.5 Å². The summed E-state index contributed by atoms with van der Waals surface area (Å²) in [5.74, 6) is 0.0937. The van der Waals surface area contributed by atoms with E-state index in [-0.39, 0.29) is 18.0 Å². The summed E-state index contributed by atoms with van der Waals surface area (Å²) in [6.45, 7) is 0. The number of nitrogens with zero attached hydrogens (tertiary/aromatic N) is 1. The van der Waals surface area contributed by atoms with Gasteiger partial charge in [0.05, 0.1) is 0 Å². The van der Waals surface area contributed by atoms with Gasteiger partial charge in [0.25, 0.3) is 0 Å². The SMILES string of the molecule is NC1CCCC1NC(=O)CCc1cccnc1. The Hall–Kier alpha value is -1.42. The van der Waals surface area contributed by atoms with E-state index in [9.17, 15) is 4.79 Å². The molecule has 0 bridgehead atoms. The largest absolute Gasteiger partial charge is 0.352 e. The van der Waals surface area contributed by atoms with E-state index in [0.29, 0.717) is 6.42 Å². The van der Waals surface area contributed by atoms with Crippen LogP contribution in [0.1, 0.15) is 31.2 Å². The molecule has 0 aliphatic heterocycles. The summed E-state index contributed by atoms with van der Waals surface area (Å²) < 4.78 is 0. The molecule has 4 nitrogen and oxygen atoms in total. The molecule has 0 radical (unpaired) electrons. The quantitative estimate of drug-likeness (QED) is 0.815. The molecule has 0 aromatic carbocycles. The van der Waals surface area contributed by atoms with Crippen molar-refractivity contribution < 1.29 is 4.79 Å².